The van der Waals surface area contributed by atoms with Gasteiger partial charge in [0.1, 0.15) is 18.2 Å². The highest BCUT2D eigenvalue weighted by molar-refractivity contribution is 7.51. The van der Waals surface area contributed by atoms with E-state index in [1.54, 1.807) is 20.8 Å². The molecule has 1 fully saturated rings. The third-order valence-electron chi connectivity index (χ3n) is 6.29. The normalized spacial score (nSPS) is 24.3. The predicted molar refractivity (Wildman–Crippen MR) is 149 cm³/mol. The molecule has 4 N–H and O–H groups in total. The molecule has 0 aliphatic carbocycles. The van der Waals surface area contributed by atoms with E-state index in [-0.39, 0.29) is 41.9 Å². The largest absolute Gasteiger partial charge is 0.479 e. The van der Waals surface area contributed by atoms with Crippen LogP contribution < -0.4 is 15.6 Å². The Labute approximate surface area is 248 Å². The number of halogens is 1. The van der Waals surface area contributed by atoms with Gasteiger partial charge in [0.2, 0.25) is 11.8 Å². The predicted octanol–water partition coefficient (Wildman–Crippen LogP) is 2.06. The minimum atomic E-state index is -4.50. The van der Waals surface area contributed by atoms with E-state index in [1.807, 2.05) is 13.8 Å². The lowest BCUT2D eigenvalue weighted by atomic mass is 9.98. The summed E-state index contributed by atoms with van der Waals surface area (Å²) in [5.41, 5.74) is 3.59. The van der Waals surface area contributed by atoms with Crippen LogP contribution in [-0.2, 0) is 37.4 Å². The third kappa shape index (κ3) is 8.37. The van der Waals surface area contributed by atoms with Crippen molar-refractivity contribution in [2.45, 2.75) is 84.2 Å². The Morgan fingerprint density at radius 1 is 1.28 bits per heavy atom. The van der Waals surface area contributed by atoms with Gasteiger partial charge in [-0.15, -0.1) is 0 Å². The number of hydrogen-bond acceptors (Lipinski definition) is 14. The van der Waals surface area contributed by atoms with Crippen molar-refractivity contribution in [3.8, 4) is 5.88 Å². The molecule has 2 aromatic rings. The van der Waals surface area contributed by atoms with Gasteiger partial charge in [0.15, 0.2) is 29.7 Å². The van der Waals surface area contributed by atoms with Crippen LogP contribution in [0, 0.1) is 5.92 Å². The summed E-state index contributed by atoms with van der Waals surface area (Å²) in [4.78, 5) is 37.0. The number of aliphatic hydroxyl groups excluding tert-OH is 1. The monoisotopic (exact) mass is 634 g/mol. The summed E-state index contributed by atoms with van der Waals surface area (Å²) in [5, 5.41) is 13.4. The number of imidazole rings is 1. The first-order chi connectivity index (χ1) is 20.1. The molecule has 2 aromatic heterocycles. The summed E-state index contributed by atoms with van der Waals surface area (Å²) in [6, 6.07) is -1.15. The third-order valence-corrected chi connectivity index (χ3v) is 7.88. The first-order valence-electron chi connectivity index (χ1n) is 13.7. The number of fused-ring (bicyclic) bond motifs is 1. The summed E-state index contributed by atoms with van der Waals surface area (Å²) >= 11 is 0. The maximum atomic E-state index is 16.0. The van der Waals surface area contributed by atoms with Crippen molar-refractivity contribution >= 4 is 36.8 Å². The smallest absolute Gasteiger partial charge is 0.406 e. The van der Waals surface area contributed by atoms with E-state index >= 15 is 4.39 Å². The number of nitrogens with two attached hydrogens (primary N) is 1. The Morgan fingerprint density at radius 3 is 2.58 bits per heavy atom. The zero-order valence-corrected chi connectivity index (χ0v) is 26.1. The Hall–Kier alpha value is -2.95. The quantitative estimate of drug-likeness (QED) is 0.189. The number of alkyl halides is 1. The lowest BCUT2D eigenvalue weighted by Crippen LogP contribution is -2.42. The number of aromatic nitrogens is 4. The Bertz CT molecular complexity index is 1320. The van der Waals surface area contributed by atoms with Crippen LogP contribution in [0.2, 0.25) is 0 Å². The second-order valence-electron chi connectivity index (χ2n) is 10.7. The molecule has 43 heavy (non-hydrogen) atoms. The maximum Gasteiger partial charge on any atom is 0.406 e. The van der Waals surface area contributed by atoms with Crippen molar-refractivity contribution in [2.24, 2.45) is 5.92 Å². The van der Waals surface area contributed by atoms with Gasteiger partial charge >= 0.3 is 19.7 Å². The van der Waals surface area contributed by atoms with Gasteiger partial charge in [-0.25, -0.2) is 23.8 Å². The minimum absolute atomic E-state index is 0.0431. The highest BCUT2D eigenvalue weighted by Gasteiger charge is 2.56. The Morgan fingerprint density at radius 2 is 1.98 bits per heavy atom. The van der Waals surface area contributed by atoms with Crippen molar-refractivity contribution in [3.63, 3.8) is 0 Å². The van der Waals surface area contributed by atoms with E-state index in [0.717, 1.165) is 6.92 Å². The number of hydrogen-bond donors (Lipinski definition) is 3. The number of aliphatic hydroxyl groups is 1. The SMILES string of the molecule is CCOC(=O)COP(=O)(NC(CC(C)C)C(=O)OC(C)C)OCC1OC(n2cnc3c(OC)nc(N)nc32)C(C)(F)C1O. The number of nitrogens with zero attached hydrogens (tertiary/aromatic N) is 4. The molecule has 1 saturated heterocycles. The molecule has 18 heteroatoms. The number of nitrogen functional groups attached to an aromatic ring is 1. The second-order valence-corrected chi connectivity index (χ2v) is 12.5. The van der Waals surface area contributed by atoms with Gasteiger partial charge in [-0.1, -0.05) is 13.8 Å². The van der Waals surface area contributed by atoms with Crippen LogP contribution in [0.15, 0.2) is 6.33 Å². The van der Waals surface area contributed by atoms with E-state index in [1.165, 1.54) is 18.0 Å². The molecule has 0 saturated carbocycles. The summed E-state index contributed by atoms with van der Waals surface area (Å²) in [6.45, 7) is 8.24. The topological polar surface area (TPSA) is 208 Å². The fourth-order valence-electron chi connectivity index (χ4n) is 4.37. The molecule has 0 amide bonds. The van der Waals surface area contributed by atoms with E-state index in [2.05, 4.69) is 20.0 Å². The molecule has 3 heterocycles. The van der Waals surface area contributed by atoms with E-state index in [4.69, 9.17) is 33.7 Å². The molecule has 0 bridgehead atoms. The highest BCUT2D eigenvalue weighted by atomic mass is 31.2. The number of nitrogens with one attached hydrogen (secondary N) is 1. The number of carbonyl (C=O) groups is 2. The van der Waals surface area contributed by atoms with Crippen molar-refractivity contribution in [1.29, 1.82) is 0 Å². The fourth-order valence-corrected chi connectivity index (χ4v) is 5.81. The summed E-state index contributed by atoms with van der Waals surface area (Å²) < 4.78 is 63.1. The van der Waals surface area contributed by atoms with Gasteiger partial charge in [0.25, 0.3) is 0 Å². The van der Waals surface area contributed by atoms with Gasteiger partial charge < -0.3 is 29.8 Å². The number of rotatable bonds is 15. The lowest BCUT2D eigenvalue weighted by molar-refractivity contribution is -0.150. The number of ether oxygens (including phenoxy) is 4. The summed E-state index contributed by atoms with van der Waals surface area (Å²) in [6.07, 6.45) is -3.74. The molecule has 0 spiro atoms. The van der Waals surface area contributed by atoms with E-state index < -0.39 is 69.1 Å². The zero-order chi connectivity index (χ0) is 32.1. The van der Waals surface area contributed by atoms with Crippen LogP contribution in [0.1, 0.15) is 54.2 Å². The molecule has 242 valence electrons. The number of anilines is 1. The maximum absolute atomic E-state index is 16.0. The highest BCUT2D eigenvalue weighted by Crippen LogP contribution is 2.48. The van der Waals surface area contributed by atoms with Gasteiger partial charge in [0, 0.05) is 0 Å². The van der Waals surface area contributed by atoms with Crippen molar-refractivity contribution < 1.29 is 51.6 Å². The molecule has 3 rings (SSSR count). The van der Waals surface area contributed by atoms with Crippen LogP contribution in [-0.4, -0.2) is 93.5 Å². The molecule has 0 radical (unpaired) electrons. The molecular weight excluding hydrogens is 594 g/mol. The van der Waals surface area contributed by atoms with Crippen LogP contribution >= 0.6 is 7.75 Å². The summed E-state index contributed by atoms with van der Waals surface area (Å²) in [5.74, 6) is -1.72. The Balaban J connectivity index is 1.86. The zero-order valence-electron chi connectivity index (χ0n) is 25.2. The van der Waals surface area contributed by atoms with Crippen molar-refractivity contribution in [3.05, 3.63) is 6.33 Å². The van der Waals surface area contributed by atoms with Crippen LogP contribution in [0.3, 0.4) is 0 Å². The standard InChI is InChI=1S/C25H40FN6O10P/c1-8-38-17(33)11-40-43(36,31-15(9-13(2)3)22(35)41-14(4)5)39-10-16-19(34)25(6,26)23(42-16)32-12-28-18-20(32)29-24(27)30-21(18)37-7/h12-16,19,23,34H,8-11H2,1-7H3,(H,31,36)(H2,27,29,30). The van der Waals surface area contributed by atoms with Crippen molar-refractivity contribution in [1.82, 2.24) is 24.6 Å². The fraction of sp³-hybridized carbons (Fsp3) is 0.720. The van der Waals surface area contributed by atoms with Gasteiger partial charge in [0.05, 0.1) is 32.8 Å². The molecule has 6 unspecified atom stereocenters. The first kappa shape index (κ1) is 34.5. The Kier molecular flexibility index (Phi) is 11.4. The van der Waals surface area contributed by atoms with Gasteiger partial charge in [-0.2, -0.15) is 9.97 Å². The molecule has 1 aliphatic rings. The molecule has 1 aliphatic heterocycles. The van der Waals surface area contributed by atoms with Gasteiger partial charge in [-0.05, 0) is 40.0 Å². The number of methoxy groups -OCH3 is 1. The van der Waals surface area contributed by atoms with Gasteiger partial charge in [-0.3, -0.25) is 18.4 Å². The number of esters is 2. The van der Waals surface area contributed by atoms with E-state index in [0.29, 0.717) is 0 Å². The molecule has 6 atom stereocenters. The van der Waals surface area contributed by atoms with E-state index in [9.17, 15) is 19.3 Å². The summed E-state index contributed by atoms with van der Waals surface area (Å²) in [7, 11) is -3.15. The average Bonchev–Trinajstić information content (AvgIpc) is 3.42. The molecular formula is C25H40FN6O10P. The number of carbonyl (C=O) groups excluding carboxylic acids is 2. The van der Waals surface area contributed by atoms with Crippen LogP contribution in [0.25, 0.3) is 11.2 Å². The van der Waals surface area contributed by atoms with Crippen LogP contribution in [0.4, 0.5) is 10.3 Å². The van der Waals surface area contributed by atoms with Crippen molar-refractivity contribution in [2.75, 3.05) is 32.7 Å². The molecule has 16 nitrogen and oxygen atoms in total. The average molecular weight is 635 g/mol. The minimum Gasteiger partial charge on any atom is -0.479 e. The first-order valence-corrected chi connectivity index (χ1v) is 15.3. The molecule has 0 aromatic carbocycles. The lowest BCUT2D eigenvalue weighted by Gasteiger charge is -2.27. The van der Waals surface area contributed by atoms with Crippen LogP contribution in [0.5, 0.6) is 5.88 Å². The second kappa shape index (κ2) is 14.2.